The van der Waals surface area contributed by atoms with Gasteiger partial charge in [0.1, 0.15) is 0 Å². The van der Waals surface area contributed by atoms with Crippen LogP contribution in [0.4, 0.5) is 4.39 Å². The molecule has 2 atom stereocenters. The average molecular weight is 497 g/mol. The first-order valence-electron chi connectivity index (χ1n) is 10.4. The number of carbonyl (C=O) groups excluding carboxylic acids is 2. The average Bonchev–Trinajstić information content (AvgIpc) is 3.30. The number of carbonyl (C=O) groups is 2. The van der Waals surface area contributed by atoms with Crippen LogP contribution in [0.5, 0.6) is 0 Å². The first-order chi connectivity index (χ1) is 16.3. The van der Waals surface area contributed by atoms with Crippen molar-refractivity contribution in [3.63, 3.8) is 0 Å². The molecule has 0 N–H and O–H groups in total. The maximum atomic E-state index is 14.2. The molecule has 0 bridgehead atoms. The molecule has 2 aromatic carbocycles. The van der Waals surface area contributed by atoms with Gasteiger partial charge in [0.05, 0.1) is 33.3 Å². The minimum atomic E-state index is -0.853. The van der Waals surface area contributed by atoms with Crippen LogP contribution in [-0.4, -0.2) is 52.8 Å². The number of nitriles is 1. The number of amides is 2. The van der Waals surface area contributed by atoms with Crippen LogP contribution in [0.2, 0.25) is 10.0 Å². The van der Waals surface area contributed by atoms with E-state index >= 15 is 0 Å². The Morgan fingerprint density at radius 1 is 1.12 bits per heavy atom. The van der Waals surface area contributed by atoms with Crippen molar-refractivity contribution in [3.8, 4) is 6.07 Å². The summed E-state index contributed by atoms with van der Waals surface area (Å²) in [5.41, 5.74) is 1.55. The van der Waals surface area contributed by atoms with Crippen molar-refractivity contribution in [1.82, 2.24) is 14.8 Å². The molecule has 172 valence electrons. The lowest BCUT2D eigenvalue weighted by atomic mass is 9.93. The predicted octanol–water partition coefficient (Wildman–Crippen LogP) is 4.78. The Kier molecular flexibility index (Phi) is 6.82. The fourth-order valence-corrected chi connectivity index (χ4v) is 4.48. The van der Waals surface area contributed by atoms with E-state index in [0.717, 1.165) is 5.56 Å². The van der Waals surface area contributed by atoms with Crippen LogP contribution in [-0.2, 0) is 0 Å². The second-order valence-electron chi connectivity index (χ2n) is 8.00. The molecule has 0 aliphatic carbocycles. The lowest BCUT2D eigenvalue weighted by Gasteiger charge is -2.29. The van der Waals surface area contributed by atoms with E-state index in [1.165, 1.54) is 23.2 Å². The highest BCUT2D eigenvalue weighted by atomic mass is 35.5. The Labute approximate surface area is 206 Å². The molecular weight excluding hydrogens is 478 g/mol. The van der Waals surface area contributed by atoms with Gasteiger partial charge < -0.3 is 9.80 Å². The van der Waals surface area contributed by atoms with Gasteiger partial charge >= 0.3 is 0 Å². The largest absolute Gasteiger partial charge is 0.336 e. The highest BCUT2D eigenvalue weighted by molar-refractivity contribution is 6.42. The summed E-state index contributed by atoms with van der Waals surface area (Å²) in [5, 5.41) is 9.77. The molecule has 0 unspecified atom stereocenters. The predicted molar refractivity (Wildman–Crippen MR) is 126 cm³/mol. The van der Waals surface area contributed by atoms with Crippen LogP contribution in [0.15, 0.2) is 60.8 Å². The van der Waals surface area contributed by atoms with Gasteiger partial charge in [0, 0.05) is 37.8 Å². The van der Waals surface area contributed by atoms with Crippen LogP contribution >= 0.6 is 23.2 Å². The number of benzene rings is 2. The number of likely N-dealkylation sites (tertiary alicyclic amines) is 1. The minimum Gasteiger partial charge on any atom is -0.336 e. The topological polar surface area (TPSA) is 77.3 Å². The third-order valence-electron chi connectivity index (χ3n) is 6.02. The standard InChI is InChI=1S/C25H19Cl2FN4O2/c1-31(25(34)18-3-2-10-30-23(18)28)22-14-32(24(33)16-6-4-15(12-29)5-7-16)13-19(22)17-8-9-20(26)21(27)11-17/h2-11,19,22H,13-14H2,1H3/t19-,22+/m0/s1. The maximum Gasteiger partial charge on any atom is 0.258 e. The Bertz CT molecular complexity index is 1290. The third kappa shape index (κ3) is 4.60. The van der Waals surface area contributed by atoms with Crippen LogP contribution in [0.1, 0.15) is 37.8 Å². The van der Waals surface area contributed by atoms with E-state index in [1.807, 2.05) is 12.1 Å². The van der Waals surface area contributed by atoms with Gasteiger partial charge in [0.15, 0.2) is 0 Å². The van der Waals surface area contributed by atoms with E-state index in [9.17, 15) is 14.0 Å². The van der Waals surface area contributed by atoms with E-state index in [4.69, 9.17) is 28.5 Å². The molecule has 0 saturated carbocycles. The zero-order valence-electron chi connectivity index (χ0n) is 18.1. The fraction of sp³-hybridized carbons (Fsp3) is 0.200. The van der Waals surface area contributed by atoms with Crippen molar-refractivity contribution in [2.45, 2.75) is 12.0 Å². The van der Waals surface area contributed by atoms with E-state index in [1.54, 1.807) is 48.3 Å². The minimum absolute atomic E-state index is 0.144. The summed E-state index contributed by atoms with van der Waals surface area (Å²) in [6.45, 7) is 0.544. The summed E-state index contributed by atoms with van der Waals surface area (Å²) in [4.78, 5) is 33.0. The van der Waals surface area contributed by atoms with Crippen molar-refractivity contribution in [2.24, 2.45) is 0 Å². The Morgan fingerprint density at radius 2 is 1.85 bits per heavy atom. The number of rotatable bonds is 4. The normalized spacial score (nSPS) is 17.3. The van der Waals surface area contributed by atoms with Crippen LogP contribution in [0.3, 0.4) is 0 Å². The molecule has 0 spiro atoms. The first kappa shape index (κ1) is 23.7. The lowest BCUT2D eigenvalue weighted by molar-refractivity contribution is 0.0691. The van der Waals surface area contributed by atoms with Gasteiger partial charge in [0.25, 0.3) is 11.8 Å². The number of halogens is 3. The molecule has 1 aliphatic rings. The number of likely N-dealkylation sites (N-methyl/N-ethyl adjacent to an activating group) is 1. The summed E-state index contributed by atoms with van der Waals surface area (Å²) in [5.74, 6) is -1.90. The molecule has 1 fully saturated rings. The van der Waals surface area contributed by atoms with Gasteiger partial charge in [0.2, 0.25) is 5.95 Å². The van der Waals surface area contributed by atoms with Crippen LogP contribution < -0.4 is 0 Å². The molecule has 9 heteroatoms. The van der Waals surface area contributed by atoms with Crippen LogP contribution in [0.25, 0.3) is 0 Å². The van der Waals surface area contributed by atoms with Crippen molar-refractivity contribution in [2.75, 3.05) is 20.1 Å². The number of hydrogen-bond acceptors (Lipinski definition) is 4. The quantitative estimate of drug-likeness (QED) is 0.487. The number of pyridine rings is 1. The van der Waals surface area contributed by atoms with E-state index in [2.05, 4.69) is 4.98 Å². The zero-order chi connectivity index (χ0) is 24.4. The molecule has 2 amide bonds. The molecule has 3 aromatic rings. The third-order valence-corrected chi connectivity index (χ3v) is 6.76. The number of nitrogens with zero attached hydrogens (tertiary/aromatic N) is 4. The highest BCUT2D eigenvalue weighted by Gasteiger charge is 2.41. The molecule has 1 saturated heterocycles. The van der Waals surface area contributed by atoms with Gasteiger partial charge in [-0.2, -0.15) is 9.65 Å². The van der Waals surface area contributed by atoms with Crippen LogP contribution in [0, 0.1) is 17.3 Å². The molecule has 6 nitrogen and oxygen atoms in total. The van der Waals surface area contributed by atoms with Gasteiger partial charge in [-0.3, -0.25) is 9.59 Å². The van der Waals surface area contributed by atoms with Gasteiger partial charge in [-0.1, -0.05) is 29.3 Å². The molecule has 4 rings (SSSR count). The SMILES string of the molecule is CN(C(=O)c1cccnc1F)[C@@H]1CN(C(=O)c2ccc(C#N)cc2)C[C@H]1c1ccc(Cl)c(Cl)c1. The smallest absolute Gasteiger partial charge is 0.258 e. The molecule has 0 radical (unpaired) electrons. The summed E-state index contributed by atoms with van der Waals surface area (Å²) in [7, 11) is 1.58. The van der Waals surface area contributed by atoms with Gasteiger partial charge in [-0.15, -0.1) is 0 Å². The van der Waals surface area contributed by atoms with Crippen molar-refractivity contribution >= 4 is 35.0 Å². The van der Waals surface area contributed by atoms with Gasteiger partial charge in [-0.25, -0.2) is 4.98 Å². The molecule has 34 heavy (non-hydrogen) atoms. The molecular formula is C25H19Cl2FN4O2. The second-order valence-corrected chi connectivity index (χ2v) is 8.82. The first-order valence-corrected chi connectivity index (χ1v) is 11.2. The Morgan fingerprint density at radius 3 is 2.50 bits per heavy atom. The summed E-state index contributed by atoms with van der Waals surface area (Å²) in [6.07, 6.45) is 1.28. The highest BCUT2D eigenvalue weighted by Crippen LogP contribution is 2.35. The second kappa shape index (κ2) is 9.80. The summed E-state index contributed by atoms with van der Waals surface area (Å²) >= 11 is 12.3. The molecule has 2 heterocycles. The maximum absolute atomic E-state index is 14.2. The lowest BCUT2D eigenvalue weighted by Crippen LogP contribution is -2.42. The summed E-state index contributed by atoms with van der Waals surface area (Å²) < 4.78 is 14.2. The number of aromatic nitrogens is 1. The van der Waals surface area contributed by atoms with E-state index in [-0.39, 0.29) is 23.9 Å². The van der Waals surface area contributed by atoms with Crippen molar-refractivity contribution in [1.29, 1.82) is 5.26 Å². The van der Waals surface area contributed by atoms with E-state index in [0.29, 0.717) is 27.7 Å². The van der Waals surface area contributed by atoms with Crippen molar-refractivity contribution in [3.05, 3.63) is 99.0 Å². The Balaban J connectivity index is 1.67. The number of hydrogen-bond donors (Lipinski definition) is 0. The monoisotopic (exact) mass is 496 g/mol. The Hall–Kier alpha value is -3.47. The summed E-state index contributed by atoms with van der Waals surface area (Å²) in [6, 6.07) is 16.0. The fourth-order valence-electron chi connectivity index (χ4n) is 4.17. The van der Waals surface area contributed by atoms with Gasteiger partial charge in [-0.05, 0) is 54.1 Å². The zero-order valence-corrected chi connectivity index (χ0v) is 19.6. The molecule has 1 aromatic heterocycles. The van der Waals surface area contributed by atoms with E-state index < -0.39 is 17.9 Å². The van der Waals surface area contributed by atoms with Crippen molar-refractivity contribution < 1.29 is 14.0 Å². The molecule has 1 aliphatic heterocycles.